The van der Waals surface area contributed by atoms with Crippen LogP contribution < -0.4 is 14.8 Å². The number of hydrogen-bond acceptors (Lipinski definition) is 5. The van der Waals surface area contributed by atoms with E-state index in [1.54, 1.807) is 18.2 Å². The van der Waals surface area contributed by atoms with Crippen LogP contribution in [-0.4, -0.2) is 73.5 Å². The Morgan fingerprint density at radius 3 is 2.44 bits per heavy atom. The van der Waals surface area contributed by atoms with E-state index in [2.05, 4.69) is 5.32 Å². The maximum absolute atomic E-state index is 13.0. The molecule has 0 bridgehead atoms. The number of benzene rings is 1. The van der Waals surface area contributed by atoms with Gasteiger partial charge in [0, 0.05) is 44.4 Å². The van der Waals surface area contributed by atoms with Crippen LogP contribution in [0.1, 0.15) is 6.42 Å². The fraction of sp³-hybridized carbons (Fsp3) is 0.556. The molecule has 0 aromatic heterocycles. The highest BCUT2D eigenvalue weighted by molar-refractivity contribution is 5.92. The van der Waals surface area contributed by atoms with Crippen molar-refractivity contribution in [2.24, 2.45) is 5.92 Å². The zero-order valence-corrected chi connectivity index (χ0v) is 14.7. The van der Waals surface area contributed by atoms with Gasteiger partial charge in [0.05, 0.1) is 6.54 Å². The second-order valence-corrected chi connectivity index (χ2v) is 7.03. The zero-order valence-electron chi connectivity index (χ0n) is 14.7. The number of amides is 2. The van der Waals surface area contributed by atoms with Gasteiger partial charge in [0.2, 0.25) is 11.8 Å². The summed E-state index contributed by atoms with van der Waals surface area (Å²) in [4.78, 5) is 27.6. The lowest BCUT2D eigenvalue weighted by Gasteiger charge is -2.34. The first-order valence-electron chi connectivity index (χ1n) is 9.01. The minimum atomic E-state index is -2.84. The van der Waals surface area contributed by atoms with Crippen molar-refractivity contribution in [2.75, 3.05) is 51.3 Å². The number of piperazine rings is 1. The molecule has 1 aromatic carbocycles. The van der Waals surface area contributed by atoms with Gasteiger partial charge in [0.15, 0.2) is 11.5 Å². The first-order chi connectivity index (χ1) is 12.9. The van der Waals surface area contributed by atoms with Crippen molar-refractivity contribution >= 4 is 17.5 Å². The second-order valence-electron chi connectivity index (χ2n) is 7.03. The topological polar surface area (TPSA) is 71.1 Å². The lowest BCUT2D eigenvalue weighted by molar-refractivity contribution is -0.136. The van der Waals surface area contributed by atoms with Gasteiger partial charge in [-0.15, -0.1) is 0 Å². The van der Waals surface area contributed by atoms with Gasteiger partial charge in [-0.3, -0.25) is 14.5 Å². The monoisotopic (exact) mass is 381 g/mol. The number of halogens is 2. The highest BCUT2D eigenvalue weighted by Gasteiger charge is 2.62. The number of rotatable bonds is 4. The van der Waals surface area contributed by atoms with Crippen LogP contribution in [0.2, 0.25) is 0 Å². The first-order valence-corrected chi connectivity index (χ1v) is 9.01. The van der Waals surface area contributed by atoms with Crippen molar-refractivity contribution < 1.29 is 27.8 Å². The third kappa shape index (κ3) is 3.97. The van der Waals surface area contributed by atoms with Gasteiger partial charge in [-0.25, -0.2) is 8.78 Å². The largest absolute Gasteiger partial charge is 0.486 e. The van der Waals surface area contributed by atoms with Crippen molar-refractivity contribution in [1.82, 2.24) is 9.80 Å². The molecular formula is C18H21F2N3O4. The SMILES string of the molecule is O=C(CN1CCN(C(=O)C2CC2(F)F)CC1)Nc1ccc2c(c1)OCCO2. The quantitative estimate of drug-likeness (QED) is 0.849. The van der Waals surface area contributed by atoms with Crippen LogP contribution in [0.5, 0.6) is 11.5 Å². The molecule has 146 valence electrons. The van der Waals surface area contributed by atoms with Gasteiger partial charge < -0.3 is 19.7 Å². The minimum Gasteiger partial charge on any atom is -0.486 e. The van der Waals surface area contributed by atoms with E-state index in [1.807, 2.05) is 4.90 Å². The molecule has 27 heavy (non-hydrogen) atoms. The number of carbonyl (C=O) groups is 2. The van der Waals surface area contributed by atoms with Crippen molar-refractivity contribution in [3.05, 3.63) is 18.2 Å². The molecular weight excluding hydrogens is 360 g/mol. The molecule has 1 unspecified atom stereocenters. The Balaban J connectivity index is 1.24. The van der Waals surface area contributed by atoms with E-state index in [0.29, 0.717) is 56.6 Å². The summed E-state index contributed by atoms with van der Waals surface area (Å²) in [5.74, 6) is -3.38. The summed E-state index contributed by atoms with van der Waals surface area (Å²) in [6, 6.07) is 5.22. The van der Waals surface area contributed by atoms with Gasteiger partial charge in [-0.1, -0.05) is 0 Å². The average Bonchev–Trinajstić information content (AvgIpc) is 3.30. The fourth-order valence-electron chi connectivity index (χ4n) is 3.35. The molecule has 7 nitrogen and oxygen atoms in total. The van der Waals surface area contributed by atoms with Crippen LogP contribution in [0.3, 0.4) is 0 Å². The molecule has 0 spiro atoms. The summed E-state index contributed by atoms with van der Waals surface area (Å²) in [7, 11) is 0. The van der Waals surface area contributed by atoms with Crippen LogP contribution in [0.15, 0.2) is 18.2 Å². The van der Waals surface area contributed by atoms with Crippen LogP contribution >= 0.6 is 0 Å². The Bertz CT molecular complexity index is 750. The summed E-state index contributed by atoms with van der Waals surface area (Å²) in [6.45, 7) is 2.85. The predicted octanol–water partition coefficient (Wildman–Crippen LogP) is 1.20. The molecule has 1 saturated heterocycles. The maximum atomic E-state index is 13.0. The van der Waals surface area contributed by atoms with Gasteiger partial charge >= 0.3 is 0 Å². The standard InChI is InChI=1S/C18H21F2N3O4/c19-18(20)10-13(18)17(25)23-5-3-22(4-6-23)11-16(24)21-12-1-2-14-15(9-12)27-8-7-26-14/h1-2,9,13H,3-8,10-11H2,(H,21,24). The normalized spacial score (nSPS) is 23.6. The number of alkyl halides is 2. The predicted molar refractivity (Wildman–Crippen MR) is 92.1 cm³/mol. The van der Waals surface area contributed by atoms with Crippen molar-refractivity contribution in [1.29, 1.82) is 0 Å². The molecule has 3 aliphatic rings. The summed E-state index contributed by atoms with van der Waals surface area (Å²) in [5, 5.41) is 2.82. The van der Waals surface area contributed by atoms with E-state index in [-0.39, 0.29) is 18.9 Å². The molecule has 1 saturated carbocycles. The smallest absolute Gasteiger partial charge is 0.260 e. The van der Waals surface area contributed by atoms with E-state index in [0.717, 1.165) is 0 Å². The number of carbonyl (C=O) groups excluding carboxylic acids is 2. The van der Waals surface area contributed by atoms with Gasteiger partial charge in [-0.2, -0.15) is 0 Å². The Morgan fingerprint density at radius 1 is 1.11 bits per heavy atom. The number of hydrogen-bond donors (Lipinski definition) is 1. The lowest BCUT2D eigenvalue weighted by atomic mass is 10.2. The van der Waals surface area contributed by atoms with Gasteiger partial charge in [0.25, 0.3) is 5.92 Å². The Morgan fingerprint density at radius 2 is 1.78 bits per heavy atom. The number of fused-ring (bicyclic) bond motifs is 1. The van der Waals surface area contributed by atoms with Crippen LogP contribution in [0.25, 0.3) is 0 Å². The molecule has 1 N–H and O–H groups in total. The molecule has 1 atom stereocenters. The molecule has 1 aliphatic carbocycles. The van der Waals surface area contributed by atoms with Crippen molar-refractivity contribution in [3.8, 4) is 11.5 Å². The summed E-state index contributed by atoms with van der Waals surface area (Å²) >= 11 is 0. The van der Waals surface area contributed by atoms with E-state index in [9.17, 15) is 18.4 Å². The van der Waals surface area contributed by atoms with Crippen LogP contribution in [-0.2, 0) is 9.59 Å². The molecule has 0 radical (unpaired) electrons. The number of nitrogens with zero attached hydrogens (tertiary/aromatic N) is 2. The second kappa shape index (κ2) is 6.95. The summed E-state index contributed by atoms with van der Waals surface area (Å²) < 4.78 is 37.0. The number of nitrogens with one attached hydrogen (secondary N) is 1. The molecule has 2 fully saturated rings. The molecule has 2 heterocycles. The summed E-state index contributed by atoms with van der Waals surface area (Å²) in [6.07, 6.45) is -0.343. The van der Waals surface area contributed by atoms with Crippen molar-refractivity contribution in [2.45, 2.75) is 12.3 Å². The molecule has 1 aromatic rings. The zero-order chi connectivity index (χ0) is 19.0. The maximum Gasteiger partial charge on any atom is 0.260 e. The third-order valence-corrected chi connectivity index (χ3v) is 5.00. The molecule has 4 rings (SSSR count). The van der Waals surface area contributed by atoms with Crippen LogP contribution in [0, 0.1) is 5.92 Å². The number of anilines is 1. The molecule has 9 heteroatoms. The van der Waals surface area contributed by atoms with E-state index in [1.165, 1.54) is 4.90 Å². The molecule has 2 amide bonds. The first kappa shape index (κ1) is 18.0. The van der Waals surface area contributed by atoms with E-state index in [4.69, 9.17) is 9.47 Å². The van der Waals surface area contributed by atoms with E-state index >= 15 is 0 Å². The third-order valence-electron chi connectivity index (χ3n) is 5.00. The van der Waals surface area contributed by atoms with Crippen molar-refractivity contribution in [3.63, 3.8) is 0 Å². The molecule has 2 aliphatic heterocycles. The average molecular weight is 381 g/mol. The highest BCUT2D eigenvalue weighted by Crippen LogP contribution is 2.49. The fourth-order valence-corrected chi connectivity index (χ4v) is 3.35. The van der Waals surface area contributed by atoms with Gasteiger partial charge in [0.1, 0.15) is 19.1 Å². The van der Waals surface area contributed by atoms with Crippen LogP contribution in [0.4, 0.5) is 14.5 Å². The lowest BCUT2D eigenvalue weighted by Crippen LogP contribution is -2.51. The Hall–Kier alpha value is -2.42. The summed E-state index contributed by atoms with van der Waals surface area (Å²) in [5.41, 5.74) is 0.619. The number of ether oxygens (including phenoxy) is 2. The minimum absolute atomic E-state index is 0.177. The highest BCUT2D eigenvalue weighted by atomic mass is 19.3. The van der Waals surface area contributed by atoms with Gasteiger partial charge in [-0.05, 0) is 12.1 Å². The van der Waals surface area contributed by atoms with E-state index < -0.39 is 17.7 Å². The Labute approximate surface area is 155 Å². The Kier molecular flexibility index (Phi) is 4.63.